The summed E-state index contributed by atoms with van der Waals surface area (Å²) in [6, 6.07) is 29.5. The van der Waals surface area contributed by atoms with Crippen LogP contribution in [0.3, 0.4) is 0 Å². The van der Waals surface area contributed by atoms with E-state index in [4.69, 9.17) is 0 Å². The zero-order chi connectivity index (χ0) is 22.1. The lowest BCUT2D eigenvalue weighted by Crippen LogP contribution is -2.48. The Labute approximate surface area is 184 Å². The van der Waals surface area contributed by atoms with Gasteiger partial charge in [0, 0.05) is 25.9 Å². The van der Waals surface area contributed by atoms with Crippen LogP contribution in [0.4, 0.5) is 0 Å². The molecular weight excluding hydrogens is 384 g/mol. The lowest BCUT2D eigenvalue weighted by molar-refractivity contribution is -0.141. The van der Waals surface area contributed by atoms with E-state index in [1.807, 2.05) is 73.7 Å². The van der Waals surface area contributed by atoms with Gasteiger partial charge in [0.1, 0.15) is 6.04 Å². The molecule has 0 unspecified atom stereocenters. The van der Waals surface area contributed by atoms with Crippen molar-refractivity contribution < 1.29 is 9.59 Å². The Hall–Kier alpha value is -3.40. The van der Waals surface area contributed by atoms with Crippen LogP contribution >= 0.6 is 0 Å². The van der Waals surface area contributed by atoms with Gasteiger partial charge in [-0.1, -0.05) is 97.9 Å². The maximum absolute atomic E-state index is 13.7. The molecule has 0 radical (unpaired) electrons. The van der Waals surface area contributed by atoms with Crippen LogP contribution in [0.2, 0.25) is 0 Å². The van der Waals surface area contributed by atoms with E-state index in [-0.39, 0.29) is 17.7 Å². The molecule has 4 heteroatoms. The van der Waals surface area contributed by atoms with Gasteiger partial charge >= 0.3 is 0 Å². The number of carbonyl (C=O) groups excluding carboxylic acids is 2. The van der Waals surface area contributed by atoms with Crippen LogP contribution in [0.25, 0.3) is 0 Å². The van der Waals surface area contributed by atoms with Gasteiger partial charge in [-0.15, -0.1) is 0 Å². The minimum atomic E-state index is -0.509. The van der Waals surface area contributed by atoms with Gasteiger partial charge in [-0.25, -0.2) is 0 Å². The number of benzene rings is 3. The third kappa shape index (κ3) is 5.82. The topological polar surface area (TPSA) is 49.4 Å². The molecule has 0 aliphatic carbocycles. The number of nitrogens with one attached hydrogen (secondary N) is 1. The molecule has 0 spiro atoms. The second kappa shape index (κ2) is 11.1. The number of carbonyl (C=O) groups is 2. The summed E-state index contributed by atoms with van der Waals surface area (Å²) in [5.41, 5.74) is 3.19. The second-order valence-corrected chi connectivity index (χ2v) is 7.62. The Bertz CT molecular complexity index is 919. The van der Waals surface area contributed by atoms with Gasteiger partial charge in [0.2, 0.25) is 11.8 Å². The van der Waals surface area contributed by atoms with E-state index >= 15 is 0 Å². The highest BCUT2D eigenvalue weighted by Crippen LogP contribution is 2.29. The summed E-state index contributed by atoms with van der Waals surface area (Å²) in [6.45, 7) is 2.35. The number of hydrogen-bond donors (Lipinski definition) is 1. The summed E-state index contributed by atoms with van der Waals surface area (Å²) in [6.07, 6.45) is 0.855. The van der Waals surface area contributed by atoms with Crippen molar-refractivity contribution in [1.29, 1.82) is 0 Å². The second-order valence-electron chi connectivity index (χ2n) is 7.62. The fourth-order valence-electron chi connectivity index (χ4n) is 3.96. The predicted octanol–water partition coefficient (Wildman–Crippen LogP) is 4.76. The molecule has 3 aromatic rings. The Balaban J connectivity index is 1.93. The van der Waals surface area contributed by atoms with Crippen molar-refractivity contribution in [2.45, 2.75) is 38.3 Å². The smallest absolute Gasteiger partial charge is 0.242 e. The molecule has 3 aromatic carbocycles. The molecular formula is C27H30N2O2. The van der Waals surface area contributed by atoms with Crippen LogP contribution in [0, 0.1) is 0 Å². The van der Waals surface area contributed by atoms with Crippen LogP contribution in [0.15, 0.2) is 91.0 Å². The summed E-state index contributed by atoms with van der Waals surface area (Å²) in [5.74, 6) is -0.241. The minimum absolute atomic E-state index is 0.0305. The van der Waals surface area contributed by atoms with Crippen molar-refractivity contribution in [2.75, 3.05) is 7.05 Å². The number of nitrogens with zero attached hydrogens (tertiary/aromatic N) is 1. The largest absolute Gasteiger partial charge is 0.357 e. The van der Waals surface area contributed by atoms with Crippen LogP contribution in [0.5, 0.6) is 0 Å². The Morgan fingerprint density at radius 1 is 0.806 bits per heavy atom. The van der Waals surface area contributed by atoms with Crippen molar-refractivity contribution in [3.8, 4) is 0 Å². The van der Waals surface area contributed by atoms with Gasteiger partial charge in [-0.3, -0.25) is 9.59 Å². The zero-order valence-corrected chi connectivity index (χ0v) is 18.2. The van der Waals surface area contributed by atoms with E-state index in [1.54, 1.807) is 11.9 Å². The molecule has 0 saturated heterocycles. The number of amides is 2. The average Bonchev–Trinajstić information content (AvgIpc) is 2.83. The Morgan fingerprint density at radius 2 is 1.29 bits per heavy atom. The summed E-state index contributed by atoms with van der Waals surface area (Å²) in [7, 11) is 1.62. The number of likely N-dealkylation sites (N-methyl/N-ethyl adjacent to an activating group) is 1. The number of rotatable bonds is 9. The molecule has 0 fully saturated rings. The standard InChI is InChI=1S/C27H30N2O2/c1-3-25(27(31)28-2)29(20-21-13-7-4-8-14-21)26(30)19-24(22-15-9-5-10-16-22)23-17-11-6-12-18-23/h4-18,24-25H,3,19-20H2,1-2H3,(H,28,31)/t25-/m1/s1. The van der Waals surface area contributed by atoms with Gasteiger partial charge in [0.25, 0.3) is 0 Å². The van der Waals surface area contributed by atoms with E-state index < -0.39 is 6.04 Å². The Morgan fingerprint density at radius 3 is 1.74 bits per heavy atom. The summed E-state index contributed by atoms with van der Waals surface area (Å²) < 4.78 is 0. The maximum atomic E-state index is 13.7. The quantitative estimate of drug-likeness (QED) is 0.549. The highest BCUT2D eigenvalue weighted by atomic mass is 16.2. The molecule has 0 heterocycles. The lowest BCUT2D eigenvalue weighted by atomic mass is 9.88. The van der Waals surface area contributed by atoms with Gasteiger partial charge < -0.3 is 10.2 Å². The third-order valence-electron chi connectivity index (χ3n) is 5.61. The van der Waals surface area contributed by atoms with Gasteiger partial charge in [0.15, 0.2) is 0 Å². The van der Waals surface area contributed by atoms with E-state index in [0.717, 1.165) is 16.7 Å². The first-order valence-electron chi connectivity index (χ1n) is 10.8. The van der Waals surface area contributed by atoms with E-state index in [2.05, 4.69) is 29.6 Å². The van der Waals surface area contributed by atoms with E-state index in [9.17, 15) is 9.59 Å². The van der Waals surface area contributed by atoms with E-state index in [0.29, 0.717) is 19.4 Å². The molecule has 1 N–H and O–H groups in total. The molecule has 1 atom stereocenters. The molecule has 31 heavy (non-hydrogen) atoms. The SMILES string of the molecule is CC[C@H](C(=O)NC)N(Cc1ccccc1)C(=O)CC(c1ccccc1)c1ccccc1. The van der Waals surface area contributed by atoms with Gasteiger partial charge in [-0.2, -0.15) is 0 Å². The molecule has 0 saturated carbocycles. The highest BCUT2D eigenvalue weighted by Gasteiger charge is 2.30. The van der Waals surface area contributed by atoms with Gasteiger partial charge in [-0.05, 0) is 23.1 Å². The highest BCUT2D eigenvalue weighted by molar-refractivity contribution is 5.88. The van der Waals surface area contributed by atoms with Crippen LogP contribution in [0.1, 0.15) is 42.4 Å². The Kier molecular flexibility index (Phi) is 7.99. The van der Waals surface area contributed by atoms with Gasteiger partial charge in [0.05, 0.1) is 0 Å². The van der Waals surface area contributed by atoms with Crippen molar-refractivity contribution >= 4 is 11.8 Å². The fourth-order valence-corrected chi connectivity index (χ4v) is 3.96. The molecule has 160 valence electrons. The van der Waals surface area contributed by atoms with Crippen molar-refractivity contribution in [2.24, 2.45) is 0 Å². The first kappa shape index (κ1) is 22.3. The van der Waals surface area contributed by atoms with Crippen molar-refractivity contribution in [3.05, 3.63) is 108 Å². The van der Waals surface area contributed by atoms with Crippen molar-refractivity contribution in [3.63, 3.8) is 0 Å². The zero-order valence-electron chi connectivity index (χ0n) is 18.2. The fraction of sp³-hybridized carbons (Fsp3) is 0.259. The van der Waals surface area contributed by atoms with Crippen LogP contribution in [-0.4, -0.2) is 29.8 Å². The first-order valence-corrected chi connectivity index (χ1v) is 10.8. The molecule has 2 amide bonds. The molecule has 0 aliphatic heterocycles. The molecule has 3 rings (SSSR count). The first-order chi connectivity index (χ1) is 15.1. The predicted molar refractivity (Wildman–Crippen MR) is 124 cm³/mol. The summed E-state index contributed by atoms with van der Waals surface area (Å²) in [4.78, 5) is 28.0. The molecule has 4 nitrogen and oxygen atoms in total. The molecule has 0 aromatic heterocycles. The van der Waals surface area contributed by atoms with Crippen LogP contribution in [-0.2, 0) is 16.1 Å². The maximum Gasteiger partial charge on any atom is 0.242 e. The third-order valence-corrected chi connectivity index (χ3v) is 5.61. The van der Waals surface area contributed by atoms with Crippen LogP contribution < -0.4 is 5.32 Å². The molecule has 0 aliphatic rings. The monoisotopic (exact) mass is 414 g/mol. The normalized spacial score (nSPS) is 11.7. The van der Waals surface area contributed by atoms with E-state index in [1.165, 1.54) is 0 Å². The number of hydrogen-bond acceptors (Lipinski definition) is 2. The molecule has 0 bridgehead atoms. The average molecular weight is 415 g/mol. The summed E-state index contributed by atoms with van der Waals surface area (Å²) in [5, 5.41) is 2.72. The lowest BCUT2D eigenvalue weighted by Gasteiger charge is -2.32. The minimum Gasteiger partial charge on any atom is -0.357 e. The summed E-state index contributed by atoms with van der Waals surface area (Å²) >= 11 is 0. The van der Waals surface area contributed by atoms with Crippen molar-refractivity contribution in [1.82, 2.24) is 10.2 Å².